The summed E-state index contributed by atoms with van der Waals surface area (Å²) in [4.78, 5) is 12.9. The molecular weight excluding hydrogens is 416 g/mol. The fraction of sp³-hybridized carbons (Fsp3) is 0.143. The quantitative estimate of drug-likeness (QED) is 0.341. The van der Waals surface area contributed by atoms with E-state index in [0.29, 0.717) is 27.2 Å². The van der Waals surface area contributed by atoms with Gasteiger partial charge in [0.25, 0.3) is 0 Å². The van der Waals surface area contributed by atoms with E-state index in [-0.39, 0.29) is 5.82 Å². The predicted molar refractivity (Wildman–Crippen MR) is 117 cm³/mol. The molecule has 4 aromatic rings. The number of aromatic amines is 1. The molecule has 144 valence electrons. The summed E-state index contributed by atoms with van der Waals surface area (Å²) in [5, 5.41) is 0.984. The summed E-state index contributed by atoms with van der Waals surface area (Å²) in [6.45, 7) is 4.00. The van der Waals surface area contributed by atoms with Crippen LogP contribution < -0.4 is 0 Å². The summed E-state index contributed by atoms with van der Waals surface area (Å²) in [7, 11) is 0. The van der Waals surface area contributed by atoms with E-state index in [1.165, 1.54) is 17.8 Å². The van der Waals surface area contributed by atoms with E-state index in [0.717, 1.165) is 21.6 Å². The Morgan fingerprint density at radius 1 is 1.04 bits per heavy atom. The number of nitrogens with zero attached hydrogens (tertiary/aromatic N) is 2. The first-order valence-corrected chi connectivity index (χ1v) is 10.5. The van der Waals surface area contributed by atoms with Gasteiger partial charge < -0.3 is 4.98 Å². The molecular formula is C21H18Cl2FN3S. The maximum absolute atomic E-state index is 13.9. The molecule has 0 unspecified atom stereocenters. The molecule has 0 amide bonds. The van der Waals surface area contributed by atoms with Crippen molar-refractivity contribution in [2.45, 2.75) is 24.5 Å². The van der Waals surface area contributed by atoms with Gasteiger partial charge in [0.1, 0.15) is 11.5 Å². The van der Waals surface area contributed by atoms with E-state index < -0.39 is 0 Å². The standard InChI is InChI=1S/C19H12Cl2FN3S.C2H6/c20-12-4-3-5-14(22)11(12)10-26-18-9-17-16(8-13(18)21)24-19(25-17)15-6-1-2-7-23-15;1-2/h1-9H,10H2,(H,24,25);1-2H3. The van der Waals surface area contributed by atoms with Gasteiger partial charge in [-0.2, -0.15) is 0 Å². The van der Waals surface area contributed by atoms with Gasteiger partial charge in [0.2, 0.25) is 0 Å². The third kappa shape index (κ3) is 4.49. The van der Waals surface area contributed by atoms with Crippen LogP contribution in [0.4, 0.5) is 4.39 Å². The summed E-state index contributed by atoms with van der Waals surface area (Å²) in [5.41, 5.74) is 2.82. The van der Waals surface area contributed by atoms with Gasteiger partial charge in [-0.15, -0.1) is 11.8 Å². The highest BCUT2D eigenvalue weighted by molar-refractivity contribution is 7.98. The number of rotatable bonds is 4. The van der Waals surface area contributed by atoms with Crippen LogP contribution in [0.1, 0.15) is 19.4 Å². The number of H-pyrrole nitrogens is 1. The van der Waals surface area contributed by atoms with Gasteiger partial charge in [0.15, 0.2) is 5.82 Å². The predicted octanol–water partition coefficient (Wildman–Crippen LogP) is 7.39. The molecule has 0 aliphatic rings. The number of benzene rings is 2. The molecule has 1 N–H and O–H groups in total. The lowest BCUT2D eigenvalue weighted by molar-refractivity contribution is 0.617. The van der Waals surface area contributed by atoms with Crippen LogP contribution in [0.3, 0.4) is 0 Å². The summed E-state index contributed by atoms with van der Waals surface area (Å²) < 4.78 is 13.9. The van der Waals surface area contributed by atoms with Gasteiger partial charge in [-0.05, 0) is 36.4 Å². The zero-order valence-corrected chi connectivity index (χ0v) is 17.7. The normalized spacial score (nSPS) is 10.6. The molecule has 28 heavy (non-hydrogen) atoms. The van der Waals surface area contributed by atoms with Crippen molar-refractivity contribution < 1.29 is 4.39 Å². The largest absolute Gasteiger partial charge is 0.337 e. The Hall–Kier alpha value is -2.08. The Balaban J connectivity index is 0.00000109. The van der Waals surface area contributed by atoms with E-state index >= 15 is 0 Å². The summed E-state index contributed by atoms with van der Waals surface area (Å²) in [5.74, 6) is 0.740. The fourth-order valence-electron chi connectivity index (χ4n) is 2.57. The van der Waals surface area contributed by atoms with E-state index in [4.69, 9.17) is 23.2 Å². The van der Waals surface area contributed by atoms with Gasteiger partial charge in [-0.1, -0.05) is 49.2 Å². The summed E-state index contributed by atoms with van der Waals surface area (Å²) >= 11 is 13.9. The molecule has 0 bridgehead atoms. The molecule has 3 nitrogen and oxygen atoms in total. The molecule has 0 spiro atoms. The van der Waals surface area contributed by atoms with Crippen LogP contribution in [0.15, 0.2) is 59.6 Å². The van der Waals surface area contributed by atoms with Gasteiger partial charge in [-0.3, -0.25) is 4.98 Å². The van der Waals surface area contributed by atoms with Crippen LogP contribution in [-0.2, 0) is 5.75 Å². The van der Waals surface area contributed by atoms with Crippen molar-refractivity contribution in [3.8, 4) is 11.5 Å². The monoisotopic (exact) mass is 433 g/mol. The molecule has 2 aromatic heterocycles. The third-order valence-electron chi connectivity index (χ3n) is 3.88. The third-order valence-corrected chi connectivity index (χ3v) is 5.74. The van der Waals surface area contributed by atoms with Crippen molar-refractivity contribution in [1.82, 2.24) is 15.0 Å². The van der Waals surface area contributed by atoms with Crippen LogP contribution >= 0.6 is 35.0 Å². The average Bonchev–Trinajstić information content (AvgIpc) is 3.12. The van der Waals surface area contributed by atoms with Crippen LogP contribution in [0.2, 0.25) is 10.0 Å². The van der Waals surface area contributed by atoms with Crippen molar-refractivity contribution in [3.63, 3.8) is 0 Å². The van der Waals surface area contributed by atoms with Gasteiger partial charge >= 0.3 is 0 Å². The van der Waals surface area contributed by atoms with Crippen molar-refractivity contribution in [2.24, 2.45) is 0 Å². The molecule has 7 heteroatoms. The molecule has 0 atom stereocenters. The van der Waals surface area contributed by atoms with Crippen molar-refractivity contribution in [2.75, 3.05) is 0 Å². The van der Waals surface area contributed by atoms with Crippen molar-refractivity contribution in [1.29, 1.82) is 0 Å². The Morgan fingerprint density at radius 3 is 2.57 bits per heavy atom. The van der Waals surface area contributed by atoms with Crippen LogP contribution in [-0.4, -0.2) is 15.0 Å². The summed E-state index contributed by atoms with van der Waals surface area (Å²) in [6, 6.07) is 14.0. The lowest BCUT2D eigenvalue weighted by Crippen LogP contribution is -1.89. The van der Waals surface area contributed by atoms with E-state index in [2.05, 4.69) is 15.0 Å². The first-order valence-electron chi connectivity index (χ1n) is 8.78. The van der Waals surface area contributed by atoms with E-state index in [1.807, 2.05) is 44.2 Å². The van der Waals surface area contributed by atoms with Crippen molar-refractivity contribution in [3.05, 3.63) is 76.2 Å². The smallest absolute Gasteiger partial charge is 0.157 e. The molecule has 0 fully saturated rings. The first kappa shape index (κ1) is 20.6. The average molecular weight is 434 g/mol. The second-order valence-electron chi connectivity index (χ2n) is 5.59. The molecule has 0 saturated heterocycles. The SMILES string of the molecule is CC.Fc1cccc(Cl)c1CSc1cc2nc(-c3ccccn3)[nH]c2cc1Cl. The number of nitrogens with one attached hydrogen (secondary N) is 1. The zero-order chi connectivity index (χ0) is 20.1. The second-order valence-corrected chi connectivity index (χ2v) is 7.42. The number of fused-ring (bicyclic) bond motifs is 1. The van der Waals surface area contributed by atoms with E-state index in [9.17, 15) is 4.39 Å². The minimum atomic E-state index is -0.320. The Kier molecular flexibility index (Phi) is 6.94. The summed E-state index contributed by atoms with van der Waals surface area (Å²) in [6.07, 6.45) is 1.72. The van der Waals surface area contributed by atoms with Gasteiger partial charge in [-0.25, -0.2) is 9.37 Å². The highest BCUT2D eigenvalue weighted by Gasteiger charge is 2.12. The van der Waals surface area contributed by atoms with Crippen LogP contribution in [0, 0.1) is 5.82 Å². The Labute approximate surface area is 177 Å². The molecule has 2 aromatic carbocycles. The van der Waals surface area contributed by atoms with Crippen LogP contribution in [0.5, 0.6) is 0 Å². The van der Waals surface area contributed by atoms with E-state index in [1.54, 1.807) is 18.3 Å². The zero-order valence-electron chi connectivity index (χ0n) is 15.3. The van der Waals surface area contributed by atoms with Crippen LogP contribution in [0.25, 0.3) is 22.6 Å². The topological polar surface area (TPSA) is 41.6 Å². The number of imidazole rings is 1. The number of hydrogen-bond donors (Lipinski definition) is 1. The molecule has 4 rings (SSSR count). The number of thioether (sulfide) groups is 1. The molecule has 0 aliphatic carbocycles. The highest BCUT2D eigenvalue weighted by Crippen LogP contribution is 2.35. The van der Waals surface area contributed by atoms with Gasteiger partial charge in [0, 0.05) is 27.4 Å². The molecule has 0 radical (unpaired) electrons. The first-order chi connectivity index (χ1) is 13.6. The highest BCUT2D eigenvalue weighted by atomic mass is 35.5. The maximum atomic E-state index is 13.9. The lowest BCUT2D eigenvalue weighted by atomic mass is 10.2. The lowest BCUT2D eigenvalue weighted by Gasteiger charge is -2.07. The Bertz CT molecular complexity index is 1060. The number of aromatic nitrogens is 3. The number of halogens is 3. The second kappa shape index (κ2) is 9.41. The number of hydrogen-bond acceptors (Lipinski definition) is 3. The minimum absolute atomic E-state index is 0.320. The maximum Gasteiger partial charge on any atom is 0.157 e. The Morgan fingerprint density at radius 2 is 1.86 bits per heavy atom. The molecule has 0 aliphatic heterocycles. The fourth-order valence-corrected chi connectivity index (χ4v) is 4.19. The molecule has 2 heterocycles. The van der Waals surface area contributed by atoms with Gasteiger partial charge in [0.05, 0.1) is 16.1 Å². The number of pyridine rings is 1. The molecule has 0 saturated carbocycles. The minimum Gasteiger partial charge on any atom is -0.337 e. The van der Waals surface area contributed by atoms with Crippen molar-refractivity contribution >= 4 is 46.0 Å².